The minimum absolute atomic E-state index is 0.0784. The van der Waals surface area contributed by atoms with Crippen molar-refractivity contribution in [3.63, 3.8) is 0 Å². The highest BCUT2D eigenvalue weighted by molar-refractivity contribution is 8.00. The SMILES string of the molecule is COCC(NS(=O)(=O)CCSc1ccc(N)cc1)C(C)C. The number of anilines is 1. The van der Waals surface area contributed by atoms with Crippen LogP contribution in [0.1, 0.15) is 13.8 Å². The summed E-state index contributed by atoms with van der Waals surface area (Å²) >= 11 is 1.50. The molecule has 1 unspecified atom stereocenters. The second kappa shape index (κ2) is 8.63. The molecular weight excluding hydrogens is 308 g/mol. The fourth-order valence-electron chi connectivity index (χ4n) is 1.66. The van der Waals surface area contributed by atoms with Crippen molar-refractivity contribution in [2.75, 3.05) is 31.0 Å². The van der Waals surface area contributed by atoms with E-state index in [2.05, 4.69) is 4.72 Å². The predicted octanol–water partition coefficient (Wildman–Crippen LogP) is 1.95. The zero-order valence-corrected chi connectivity index (χ0v) is 14.3. The topological polar surface area (TPSA) is 81.4 Å². The molecule has 7 heteroatoms. The van der Waals surface area contributed by atoms with Gasteiger partial charge in [-0.3, -0.25) is 0 Å². The molecule has 1 aromatic rings. The molecule has 0 aliphatic carbocycles. The summed E-state index contributed by atoms with van der Waals surface area (Å²) < 4.78 is 31.9. The molecule has 3 N–H and O–H groups in total. The van der Waals surface area contributed by atoms with Gasteiger partial charge in [0.2, 0.25) is 10.0 Å². The first-order valence-corrected chi connectivity index (χ1v) is 9.45. The van der Waals surface area contributed by atoms with E-state index in [1.165, 1.54) is 11.8 Å². The average molecular weight is 332 g/mol. The van der Waals surface area contributed by atoms with Crippen LogP contribution in [-0.4, -0.2) is 39.7 Å². The first-order chi connectivity index (χ1) is 9.84. The van der Waals surface area contributed by atoms with Gasteiger partial charge in [0, 0.05) is 29.5 Å². The van der Waals surface area contributed by atoms with E-state index >= 15 is 0 Å². The van der Waals surface area contributed by atoms with Crippen LogP contribution in [0.5, 0.6) is 0 Å². The van der Waals surface area contributed by atoms with E-state index in [-0.39, 0.29) is 17.7 Å². The van der Waals surface area contributed by atoms with Gasteiger partial charge in [-0.05, 0) is 30.2 Å². The lowest BCUT2D eigenvalue weighted by atomic mass is 10.1. The summed E-state index contributed by atoms with van der Waals surface area (Å²) in [6.45, 7) is 4.31. The lowest BCUT2D eigenvalue weighted by molar-refractivity contribution is 0.157. The highest BCUT2D eigenvalue weighted by Crippen LogP contribution is 2.19. The normalized spacial score (nSPS) is 13.5. The molecule has 0 aliphatic rings. The Morgan fingerprint density at radius 1 is 1.29 bits per heavy atom. The molecule has 0 radical (unpaired) electrons. The maximum absolute atomic E-state index is 12.1. The Balaban J connectivity index is 2.46. The molecule has 0 aromatic heterocycles. The molecule has 1 aromatic carbocycles. The van der Waals surface area contributed by atoms with Crippen LogP contribution in [0, 0.1) is 5.92 Å². The van der Waals surface area contributed by atoms with Crippen molar-refractivity contribution in [2.24, 2.45) is 5.92 Å². The Morgan fingerprint density at radius 3 is 2.43 bits per heavy atom. The predicted molar refractivity (Wildman–Crippen MR) is 89.0 cm³/mol. The molecule has 0 spiro atoms. The van der Waals surface area contributed by atoms with Crippen molar-refractivity contribution >= 4 is 27.5 Å². The highest BCUT2D eigenvalue weighted by atomic mass is 32.2. The van der Waals surface area contributed by atoms with Gasteiger partial charge in [-0.2, -0.15) is 0 Å². The van der Waals surface area contributed by atoms with Crippen LogP contribution in [0.4, 0.5) is 5.69 Å². The van der Waals surface area contributed by atoms with Crippen LogP contribution in [0.3, 0.4) is 0 Å². The number of benzene rings is 1. The molecule has 5 nitrogen and oxygen atoms in total. The van der Waals surface area contributed by atoms with E-state index < -0.39 is 10.0 Å². The fraction of sp³-hybridized carbons (Fsp3) is 0.571. The number of hydrogen-bond acceptors (Lipinski definition) is 5. The third-order valence-corrected chi connectivity index (χ3v) is 5.66. The smallest absolute Gasteiger partial charge is 0.212 e. The van der Waals surface area contributed by atoms with Gasteiger partial charge in [-0.1, -0.05) is 13.8 Å². The van der Waals surface area contributed by atoms with E-state index in [1.807, 2.05) is 38.1 Å². The molecule has 0 fully saturated rings. The lowest BCUT2D eigenvalue weighted by Crippen LogP contribution is -2.42. The second-order valence-electron chi connectivity index (χ2n) is 5.16. The first kappa shape index (κ1) is 18.3. The molecule has 0 saturated carbocycles. The molecular formula is C14H24N2O3S2. The quantitative estimate of drug-likeness (QED) is 0.533. The minimum Gasteiger partial charge on any atom is -0.399 e. The molecule has 0 aliphatic heterocycles. The zero-order valence-electron chi connectivity index (χ0n) is 12.7. The number of methoxy groups -OCH3 is 1. The molecule has 0 bridgehead atoms. The Labute approximate surface area is 131 Å². The third kappa shape index (κ3) is 7.17. The van der Waals surface area contributed by atoms with Gasteiger partial charge >= 0.3 is 0 Å². The Morgan fingerprint density at radius 2 is 1.90 bits per heavy atom. The van der Waals surface area contributed by atoms with E-state index in [9.17, 15) is 8.42 Å². The van der Waals surface area contributed by atoms with Crippen LogP contribution in [0.2, 0.25) is 0 Å². The summed E-state index contributed by atoms with van der Waals surface area (Å²) in [5, 5.41) is 0. The van der Waals surface area contributed by atoms with Gasteiger partial charge in [-0.15, -0.1) is 11.8 Å². The monoisotopic (exact) mass is 332 g/mol. The molecule has 0 saturated heterocycles. The third-order valence-electron chi connectivity index (χ3n) is 2.98. The van der Waals surface area contributed by atoms with Gasteiger partial charge < -0.3 is 10.5 Å². The lowest BCUT2D eigenvalue weighted by Gasteiger charge is -2.21. The fourth-order valence-corrected chi connectivity index (χ4v) is 4.36. The van der Waals surface area contributed by atoms with Crippen molar-refractivity contribution < 1.29 is 13.2 Å². The summed E-state index contributed by atoms with van der Waals surface area (Å²) in [6.07, 6.45) is 0. The highest BCUT2D eigenvalue weighted by Gasteiger charge is 2.20. The van der Waals surface area contributed by atoms with Crippen molar-refractivity contribution in [1.29, 1.82) is 0 Å². The van der Waals surface area contributed by atoms with Crippen molar-refractivity contribution in [1.82, 2.24) is 4.72 Å². The number of sulfonamides is 1. The minimum atomic E-state index is -3.30. The Kier molecular flexibility index (Phi) is 7.51. The maximum Gasteiger partial charge on any atom is 0.212 e. The second-order valence-corrected chi connectivity index (χ2v) is 8.20. The molecule has 1 rings (SSSR count). The molecule has 0 heterocycles. The van der Waals surface area contributed by atoms with Gasteiger partial charge in [0.1, 0.15) is 0 Å². The van der Waals surface area contributed by atoms with Crippen LogP contribution >= 0.6 is 11.8 Å². The van der Waals surface area contributed by atoms with Gasteiger partial charge in [0.15, 0.2) is 0 Å². The number of nitrogens with two attached hydrogens (primary N) is 1. The summed E-state index contributed by atoms with van der Waals surface area (Å²) in [5.74, 6) is 0.760. The van der Waals surface area contributed by atoms with Gasteiger partial charge in [0.05, 0.1) is 12.4 Å². The average Bonchev–Trinajstić information content (AvgIpc) is 2.40. The first-order valence-electron chi connectivity index (χ1n) is 6.81. The summed E-state index contributed by atoms with van der Waals surface area (Å²) in [6, 6.07) is 7.20. The van der Waals surface area contributed by atoms with E-state index in [1.54, 1.807) is 7.11 Å². The number of ether oxygens (including phenoxy) is 1. The number of rotatable bonds is 9. The van der Waals surface area contributed by atoms with Gasteiger partial charge in [-0.25, -0.2) is 13.1 Å². The van der Waals surface area contributed by atoms with Crippen LogP contribution < -0.4 is 10.5 Å². The van der Waals surface area contributed by atoms with Crippen molar-refractivity contribution in [3.8, 4) is 0 Å². The zero-order chi connectivity index (χ0) is 15.9. The summed E-state index contributed by atoms with van der Waals surface area (Å²) in [7, 11) is -1.73. The van der Waals surface area contributed by atoms with Crippen LogP contribution in [0.15, 0.2) is 29.2 Å². The van der Waals surface area contributed by atoms with Gasteiger partial charge in [0.25, 0.3) is 0 Å². The molecule has 120 valence electrons. The number of nitrogen functional groups attached to an aromatic ring is 1. The van der Waals surface area contributed by atoms with Crippen molar-refractivity contribution in [2.45, 2.75) is 24.8 Å². The summed E-state index contributed by atoms with van der Waals surface area (Å²) in [4.78, 5) is 1.01. The standard InChI is InChI=1S/C14H24N2O3S2/c1-11(2)14(10-19-3)16-21(17,18)9-8-20-13-6-4-12(15)5-7-13/h4-7,11,14,16H,8-10,15H2,1-3H3. The maximum atomic E-state index is 12.1. The van der Waals surface area contributed by atoms with Crippen molar-refractivity contribution in [3.05, 3.63) is 24.3 Å². The van der Waals surface area contributed by atoms with Crippen LogP contribution in [0.25, 0.3) is 0 Å². The Hall–Kier alpha value is -0.760. The molecule has 1 atom stereocenters. The van der Waals surface area contributed by atoms with E-state index in [4.69, 9.17) is 10.5 Å². The summed E-state index contributed by atoms with van der Waals surface area (Å²) in [5.41, 5.74) is 6.31. The Bertz CT molecular complexity index is 516. The van der Waals surface area contributed by atoms with E-state index in [0.717, 1.165) is 4.90 Å². The molecule has 21 heavy (non-hydrogen) atoms. The van der Waals surface area contributed by atoms with E-state index in [0.29, 0.717) is 18.0 Å². The number of nitrogens with one attached hydrogen (secondary N) is 1. The number of thioether (sulfide) groups is 1. The largest absolute Gasteiger partial charge is 0.399 e. The molecule has 0 amide bonds. The van der Waals surface area contributed by atoms with Crippen LogP contribution in [-0.2, 0) is 14.8 Å². The number of hydrogen-bond donors (Lipinski definition) is 2.